The molecule has 2 saturated heterocycles. The summed E-state index contributed by atoms with van der Waals surface area (Å²) in [5.74, 6) is 0. The van der Waals surface area contributed by atoms with Gasteiger partial charge in [-0.3, -0.25) is 0 Å². The molecule has 4 heterocycles. The van der Waals surface area contributed by atoms with Gasteiger partial charge < -0.3 is 19.7 Å². The van der Waals surface area contributed by atoms with E-state index in [1.54, 1.807) is 17.4 Å². The first kappa shape index (κ1) is 44.8. The summed E-state index contributed by atoms with van der Waals surface area (Å²) in [5, 5.41) is 5.72. The summed E-state index contributed by atoms with van der Waals surface area (Å²) in [4.78, 5) is 11.0. The standard InChI is InChI=1S/C11H11ClN2OS.C7H3Cl2NS.C4H9NO.H15P13/c12-8-1-2-9-10(7-8)16-11(13-9)14-3-5-15-6-4-14;8-4-1-2-5-6(3-4)11-7(9)10-5;1-3-6-4-2-5-1;1-8-12(9(2)3)13(10(4)5)11(6)7/h1-2,7H,3-6H2;1-3H;5H,1-4H2;8H,1-7H2. The quantitative estimate of drug-likeness (QED) is 0.194. The van der Waals surface area contributed by atoms with Gasteiger partial charge in [-0.15, -0.1) is 73.8 Å². The maximum Gasteiger partial charge on any atom is 0.186 e. The molecule has 2 aromatic carbocycles. The molecule has 1 N–H and O–H groups in total. The van der Waals surface area contributed by atoms with Crippen LogP contribution >= 0.6 is 163 Å². The molecule has 6 rings (SSSR count). The Morgan fingerprint density at radius 3 is 1.70 bits per heavy atom. The van der Waals surface area contributed by atoms with Gasteiger partial charge in [0.05, 0.1) is 46.9 Å². The molecule has 9 atom stereocenters. The van der Waals surface area contributed by atoms with E-state index < -0.39 is 0 Å². The molecule has 2 fully saturated rings. The number of nitrogens with one attached hydrogen (secondary N) is 1. The number of morpholine rings is 2. The molecule has 2 aromatic heterocycles. The highest BCUT2D eigenvalue weighted by molar-refractivity contribution is 9.24. The fraction of sp³-hybridized carbons (Fsp3) is 0.364. The van der Waals surface area contributed by atoms with Crippen LogP contribution in [0.15, 0.2) is 36.4 Å². The van der Waals surface area contributed by atoms with Gasteiger partial charge in [-0.25, -0.2) is 9.97 Å². The Hall–Kier alpha value is 4.36. The highest BCUT2D eigenvalue weighted by atomic mass is 35.5. The Morgan fingerprint density at radius 2 is 1.26 bits per heavy atom. The van der Waals surface area contributed by atoms with Gasteiger partial charge >= 0.3 is 0 Å². The van der Waals surface area contributed by atoms with Crippen LogP contribution in [-0.4, -0.2) is 62.6 Å². The van der Waals surface area contributed by atoms with E-state index in [1.807, 2.05) is 30.3 Å². The predicted octanol–water partition coefficient (Wildman–Crippen LogP) is 13.2. The van der Waals surface area contributed by atoms with Gasteiger partial charge in [-0.1, -0.05) is 54.1 Å². The summed E-state index contributed by atoms with van der Waals surface area (Å²) in [6.07, 6.45) is 0. The molecule has 0 saturated carbocycles. The normalized spacial score (nSPS) is 16.1. The van der Waals surface area contributed by atoms with Crippen LogP contribution in [0.4, 0.5) is 5.13 Å². The third-order valence-corrected chi connectivity index (χ3v) is 81.7. The molecule has 0 radical (unpaired) electrons. The van der Waals surface area contributed by atoms with Crippen molar-refractivity contribution in [3.8, 4) is 0 Å². The van der Waals surface area contributed by atoms with E-state index in [4.69, 9.17) is 44.3 Å². The number of rotatable bonds is 6. The molecule has 4 aromatic rings. The summed E-state index contributed by atoms with van der Waals surface area (Å²) in [5.41, 5.74) is 1.93. The number of halogens is 3. The largest absolute Gasteiger partial charge is 0.379 e. The minimum absolute atomic E-state index is 0.116. The highest BCUT2D eigenvalue weighted by Gasteiger charge is 2.28. The zero-order chi connectivity index (χ0) is 33.6. The third kappa shape index (κ3) is 16.0. The summed E-state index contributed by atoms with van der Waals surface area (Å²) in [6, 6.07) is 11.4. The van der Waals surface area contributed by atoms with Gasteiger partial charge in [0.15, 0.2) is 9.60 Å². The van der Waals surface area contributed by atoms with E-state index in [1.165, 1.54) is 11.3 Å². The number of fused-ring (bicyclic) bond motifs is 2. The van der Waals surface area contributed by atoms with Crippen LogP contribution in [0.2, 0.25) is 14.5 Å². The second-order valence-electron chi connectivity index (χ2n) is 8.98. The van der Waals surface area contributed by atoms with Crippen LogP contribution in [0.25, 0.3) is 20.4 Å². The molecule has 2 aliphatic rings. The van der Waals surface area contributed by atoms with Gasteiger partial charge in [0.25, 0.3) is 0 Å². The van der Waals surface area contributed by atoms with Crippen molar-refractivity contribution in [2.24, 2.45) is 0 Å². The monoisotopic (exact) mass is 962 g/mol. The second kappa shape index (κ2) is 24.7. The topological polar surface area (TPSA) is 59.5 Å². The molecule has 0 spiro atoms. The number of hydrogen-bond donors (Lipinski definition) is 1. The summed E-state index contributed by atoms with van der Waals surface area (Å²) in [6.45, 7) is 8.12. The van der Waals surface area contributed by atoms with Gasteiger partial charge in [-0.05, 0) is 71.3 Å². The Labute approximate surface area is 318 Å². The number of ether oxygens (including phenoxy) is 2. The molecule has 256 valence electrons. The molecule has 9 unspecified atom stereocenters. The van der Waals surface area contributed by atoms with Gasteiger partial charge in [-0.2, -0.15) is 0 Å². The molecule has 0 amide bonds. The fourth-order valence-corrected chi connectivity index (χ4v) is 133. The average Bonchev–Trinajstić information content (AvgIpc) is 3.63. The van der Waals surface area contributed by atoms with E-state index in [-0.39, 0.29) is 34.9 Å². The second-order valence-corrected chi connectivity index (χ2v) is 60.0. The van der Waals surface area contributed by atoms with Crippen molar-refractivity contribution in [2.45, 2.75) is 0 Å². The van der Waals surface area contributed by atoms with E-state index in [0.29, 0.717) is 4.47 Å². The minimum atomic E-state index is 0.116. The van der Waals surface area contributed by atoms with E-state index in [0.717, 1.165) is 96.2 Å². The van der Waals surface area contributed by atoms with Crippen molar-refractivity contribution in [3.05, 3.63) is 50.9 Å². The van der Waals surface area contributed by atoms with E-state index in [9.17, 15) is 0 Å². The summed E-state index contributed by atoms with van der Waals surface area (Å²) >= 11 is 20.6. The Kier molecular flexibility index (Phi) is 24.0. The van der Waals surface area contributed by atoms with Crippen LogP contribution < -0.4 is 10.2 Å². The number of nitrogens with zero attached hydrogens (tertiary/aromatic N) is 3. The van der Waals surface area contributed by atoms with Gasteiger partial charge in [0, 0.05) is 36.2 Å². The number of benzene rings is 2. The van der Waals surface area contributed by atoms with Crippen LogP contribution in [0.3, 0.4) is 0 Å². The van der Waals surface area contributed by atoms with E-state index >= 15 is 0 Å². The first-order valence-electron chi connectivity index (χ1n) is 13.3. The average molecular weight is 964 g/mol. The summed E-state index contributed by atoms with van der Waals surface area (Å²) in [7, 11) is 22.2. The van der Waals surface area contributed by atoms with Gasteiger partial charge in [0.2, 0.25) is 0 Å². The first-order chi connectivity index (χ1) is 22.0. The molecular formula is C22H38Cl3N4O2P13S2. The Bertz CT molecular complexity index is 1450. The molecule has 46 heavy (non-hydrogen) atoms. The number of hydrogen-bond acceptors (Lipinski definition) is 8. The van der Waals surface area contributed by atoms with Crippen molar-refractivity contribution >= 4 is 188 Å². The van der Waals surface area contributed by atoms with Crippen molar-refractivity contribution in [2.75, 3.05) is 57.5 Å². The maximum atomic E-state index is 5.96. The lowest BCUT2D eigenvalue weighted by Gasteiger charge is -2.34. The Balaban J connectivity index is 0.000000175. The SMILES string of the molecule is C1COCCN1.Clc1ccc2nc(Cl)sc2c1.Clc1ccc2nc(N3CCOCC3)sc2c1.PPP(P(P)P)P(P(P)P)P(P)P. The predicted molar refractivity (Wildman–Crippen MR) is 252 cm³/mol. The first-order valence-corrected chi connectivity index (χ1v) is 39.0. The lowest BCUT2D eigenvalue weighted by Crippen LogP contribution is -2.36. The van der Waals surface area contributed by atoms with Crippen LogP contribution in [0.1, 0.15) is 0 Å². The number of anilines is 1. The van der Waals surface area contributed by atoms with Crippen molar-refractivity contribution in [1.29, 1.82) is 0 Å². The van der Waals surface area contributed by atoms with E-state index in [2.05, 4.69) is 82.7 Å². The molecule has 0 aliphatic carbocycles. The van der Waals surface area contributed by atoms with Crippen molar-refractivity contribution < 1.29 is 9.47 Å². The van der Waals surface area contributed by atoms with Crippen LogP contribution in [0.5, 0.6) is 0 Å². The number of aromatic nitrogens is 2. The fourth-order valence-electron chi connectivity index (χ4n) is 3.69. The molecular weight excluding hydrogens is 925 g/mol. The Morgan fingerprint density at radius 1 is 0.739 bits per heavy atom. The lowest BCUT2D eigenvalue weighted by atomic mass is 10.3. The maximum absolute atomic E-state index is 5.96. The zero-order valence-corrected chi connectivity index (χ0v) is 42.0. The third-order valence-electron chi connectivity index (χ3n) is 5.71. The molecule has 24 heteroatoms. The molecule has 6 nitrogen and oxygen atoms in total. The molecule has 0 bridgehead atoms. The van der Waals surface area contributed by atoms with Gasteiger partial charge in [0.1, 0.15) is 0 Å². The molecule has 2 aliphatic heterocycles. The number of thiazole rings is 2. The van der Waals surface area contributed by atoms with Crippen LogP contribution in [0, 0.1) is 0 Å². The lowest BCUT2D eigenvalue weighted by molar-refractivity contribution is 0.109. The van der Waals surface area contributed by atoms with Crippen molar-refractivity contribution in [1.82, 2.24) is 15.3 Å². The smallest absolute Gasteiger partial charge is 0.186 e. The zero-order valence-electron chi connectivity index (χ0n) is 24.5. The van der Waals surface area contributed by atoms with Crippen molar-refractivity contribution in [3.63, 3.8) is 0 Å². The minimum Gasteiger partial charge on any atom is -0.379 e. The van der Waals surface area contributed by atoms with Crippen LogP contribution in [-0.2, 0) is 9.47 Å². The highest BCUT2D eigenvalue weighted by Crippen LogP contribution is 3.18. The summed E-state index contributed by atoms with van der Waals surface area (Å²) < 4.78 is 13.1.